The van der Waals surface area contributed by atoms with Gasteiger partial charge >= 0.3 is 0 Å². The average Bonchev–Trinajstić information content (AvgIpc) is 2.53. The van der Waals surface area contributed by atoms with Crippen molar-refractivity contribution in [1.29, 1.82) is 0 Å². The molecule has 1 aromatic heterocycles. The zero-order chi connectivity index (χ0) is 11.4. The lowest BCUT2D eigenvalue weighted by Crippen LogP contribution is -2.14. The second-order valence-electron chi connectivity index (χ2n) is 5.02. The van der Waals surface area contributed by atoms with Crippen LogP contribution in [0.25, 0.3) is 0 Å². The van der Waals surface area contributed by atoms with Crippen LogP contribution in [0.15, 0.2) is 4.52 Å². The fourth-order valence-corrected chi connectivity index (χ4v) is 2.14. The van der Waals surface area contributed by atoms with Crippen molar-refractivity contribution in [3.8, 4) is 0 Å². The molecule has 2 heterocycles. The largest absolute Gasteiger partial charge is 0.339 e. The molecular formula is C12H21N3O. The highest BCUT2D eigenvalue weighted by molar-refractivity contribution is 4.97. The molecule has 0 aliphatic carbocycles. The highest BCUT2D eigenvalue weighted by Gasteiger charge is 2.19. The number of rotatable bonds is 3. The minimum Gasteiger partial charge on any atom is -0.339 e. The fraction of sp³-hybridized carbons (Fsp3) is 0.833. The fourth-order valence-electron chi connectivity index (χ4n) is 2.14. The number of hydrogen-bond acceptors (Lipinski definition) is 4. The molecule has 4 nitrogen and oxygen atoms in total. The van der Waals surface area contributed by atoms with Crippen LogP contribution in [0.2, 0.25) is 0 Å². The molecule has 1 aliphatic heterocycles. The second-order valence-corrected chi connectivity index (χ2v) is 5.02. The van der Waals surface area contributed by atoms with E-state index < -0.39 is 0 Å². The zero-order valence-corrected chi connectivity index (χ0v) is 10.2. The molecule has 0 aromatic carbocycles. The topological polar surface area (TPSA) is 51.0 Å². The summed E-state index contributed by atoms with van der Waals surface area (Å²) in [6, 6.07) is 0. The summed E-state index contributed by atoms with van der Waals surface area (Å²) in [5.74, 6) is 2.77. The van der Waals surface area contributed by atoms with Crippen LogP contribution < -0.4 is 5.32 Å². The van der Waals surface area contributed by atoms with Gasteiger partial charge in [-0.1, -0.05) is 19.0 Å². The Kier molecular flexibility index (Phi) is 3.93. The van der Waals surface area contributed by atoms with Crippen LogP contribution in [-0.4, -0.2) is 23.2 Å². The number of nitrogens with one attached hydrogen (secondary N) is 1. The Morgan fingerprint density at radius 2 is 2.25 bits per heavy atom. The van der Waals surface area contributed by atoms with Crippen LogP contribution in [0.3, 0.4) is 0 Å². The molecule has 2 rings (SSSR count). The third-order valence-corrected chi connectivity index (χ3v) is 3.01. The summed E-state index contributed by atoms with van der Waals surface area (Å²) in [6.45, 7) is 6.52. The van der Waals surface area contributed by atoms with E-state index in [2.05, 4.69) is 29.3 Å². The summed E-state index contributed by atoms with van der Waals surface area (Å²) in [6.07, 6.45) is 4.39. The van der Waals surface area contributed by atoms with Gasteiger partial charge in [-0.25, -0.2) is 0 Å². The smallest absolute Gasteiger partial charge is 0.226 e. The molecule has 90 valence electrons. The van der Waals surface area contributed by atoms with E-state index >= 15 is 0 Å². The Hall–Kier alpha value is -0.900. The number of aromatic nitrogens is 2. The van der Waals surface area contributed by atoms with Gasteiger partial charge in [0.25, 0.3) is 0 Å². The zero-order valence-electron chi connectivity index (χ0n) is 10.2. The molecule has 0 spiro atoms. The molecule has 16 heavy (non-hydrogen) atoms. The van der Waals surface area contributed by atoms with Gasteiger partial charge in [-0.15, -0.1) is 0 Å². The molecule has 0 bridgehead atoms. The number of nitrogens with zero attached hydrogens (tertiary/aromatic N) is 2. The maximum Gasteiger partial charge on any atom is 0.226 e. The van der Waals surface area contributed by atoms with Crippen LogP contribution in [-0.2, 0) is 6.42 Å². The summed E-state index contributed by atoms with van der Waals surface area (Å²) in [5, 5.41) is 7.52. The first-order valence-corrected chi connectivity index (χ1v) is 6.29. The quantitative estimate of drug-likeness (QED) is 0.852. The van der Waals surface area contributed by atoms with E-state index in [9.17, 15) is 0 Å². The van der Waals surface area contributed by atoms with Crippen molar-refractivity contribution in [2.24, 2.45) is 5.92 Å². The van der Waals surface area contributed by atoms with Crippen LogP contribution in [0.1, 0.15) is 50.7 Å². The summed E-state index contributed by atoms with van der Waals surface area (Å²) < 4.78 is 5.29. The molecule has 4 heteroatoms. The predicted molar refractivity (Wildman–Crippen MR) is 62.3 cm³/mol. The normalized spacial score (nSPS) is 22.3. The first-order chi connectivity index (χ1) is 7.75. The molecule has 1 aromatic rings. The highest BCUT2D eigenvalue weighted by Crippen LogP contribution is 2.23. The van der Waals surface area contributed by atoms with Gasteiger partial charge in [0, 0.05) is 12.3 Å². The third-order valence-electron chi connectivity index (χ3n) is 3.01. The molecule has 1 saturated heterocycles. The van der Waals surface area contributed by atoms with Crippen molar-refractivity contribution in [3.05, 3.63) is 11.7 Å². The third kappa shape index (κ3) is 3.04. The Morgan fingerprint density at radius 3 is 3.06 bits per heavy atom. The van der Waals surface area contributed by atoms with Crippen LogP contribution in [0.5, 0.6) is 0 Å². The van der Waals surface area contributed by atoms with Crippen molar-refractivity contribution in [3.63, 3.8) is 0 Å². The van der Waals surface area contributed by atoms with E-state index in [0.29, 0.717) is 11.8 Å². The van der Waals surface area contributed by atoms with E-state index in [-0.39, 0.29) is 0 Å². The summed E-state index contributed by atoms with van der Waals surface area (Å²) >= 11 is 0. The Bertz CT molecular complexity index is 314. The molecule has 0 amide bonds. The molecule has 0 saturated carbocycles. The molecule has 1 unspecified atom stereocenters. The van der Waals surface area contributed by atoms with Gasteiger partial charge < -0.3 is 9.84 Å². The van der Waals surface area contributed by atoms with Gasteiger partial charge in [-0.3, -0.25) is 0 Å². The van der Waals surface area contributed by atoms with E-state index in [1.54, 1.807) is 0 Å². The molecule has 1 atom stereocenters. The summed E-state index contributed by atoms with van der Waals surface area (Å²) in [4.78, 5) is 4.51. The minimum atomic E-state index is 0.486. The van der Waals surface area contributed by atoms with Crippen LogP contribution >= 0.6 is 0 Å². The summed E-state index contributed by atoms with van der Waals surface area (Å²) in [7, 11) is 0. The molecular weight excluding hydrogens is 202 g/mol. The first-order valence-electron chi connectivity index (χ1n) is 6.29. The Morgan fingerprint density at radius 1 is 1.38 bits per heavy atom. The predicted octanol–water partition coefficient (Wildman–Crippen LogP) is 2.13. The SMILES string of the molecule is CC(C)Cc1nc(C2CCCNCC2)no1. The minimum absolute atomic E-state index is 0.486. The summed E-state index contributed by atoms with van der Waals surface area (Å²) in [5.41, 5.74) is 0. The van der Waals surface area contributed by atoms with Gasteiger partial charge in [0.2, 0.25) is 5.89 Å². The second kappa shape index (κ2) is 5.43. The van der Waals surface area contributed by atoms with Gasteiger partial charge in [-0.2, -0.15) is 4.98 Å². The Labute approximate surface area is 96.8 Å². The van der Waals surface area contributed by atoms with Gasteiger partial charge in [0.1, 0.15) is 0 Å². The van der Waals surface area contributed by atoms with Crippen molar-refractivity contribution in [1.82, 2.24) is 15.5 Å². The Balaban J connectivity index is 1.99. The molecule has 1 fully saturated rings. The lowest BCUT2D eigenvalue weighted by atomic mass is 10.0. The van der Waals surface area contributed by atoms with E-state index in [0.717, 1.165) is 37.6 Å². The standard InChI is InChI=1S/C12H21N3O/c1-9(2)8-11-14-12(15-16-11)10-4-3-6-13-7-5-10/h9-10,13H,3-8H2,1-2H3. The van der Waals surface area contributed by atoms with E-state index in [1.807, 2.05) is 0 Å². The maximum atomic E-state index is 5.29. The first kappa shape index (κ1) is 11.6. The number of hydrogen-bond donors (Lipinski definition) is 1. The van der Waals surface area contributed by atoms with Crippen LogP contribution in [0.4, 0.5) is 0 Å². The lowest BCUT2D eigenvalue weighted by Gasteiger charge is -2.07. The van der Waals surface area contributed by atoms with Crippen molar-refractivity contribution in [2.45, 2.75) is 45.4 Å². The maximum absolute atomic E-state index is 5.29. The molecule has 1 N–H and O–H groups in total. The molecule has 1 aliphatic rings. The van der Waals surface area contributed by atoms with E-state index in [1.165, 1.54) is 12.8 Å². The van der Waals surface area contributed by atoms with Crippen molar-refractivity contribution in [2.75, 3.05) is 13.1 Å². The van der Waals surface area contributed by atoms with Gasteiger partial charge in [0.15, 0.2) is 5.82 Å². The van der Waals surface area contributed by atoms with Crippen molar-refractivity contribution < 1.29 is 4.52 Å². The average molecular weight is 223 g/mol. The lowest BCUT2D eigenvalue weighted by molar-refractivity contribution is 0.354. The van der Waals surface area contributed by atoms with Gasteiger partial charge in [0.05, 0.1) is 0 Å². The monoisotopic (exact) mass is 223 g/mol. The highest BCUT2D eigenvalue weighted by atomic mass is 16.5. The molecule has 0 radical (unpaired) electrons. The van der Waals surface area contributed by atoms with Gasteiger partial charge in [-0.05, 0) is 38.3 Å². The van der Waals surface area contributed by atoms with E-state index in [4.69, 9.17) is 4.52 Å². The van der Waals surface area contributed by atoms with Crippen molar-refractivity contribution >= 4 is 0 Å². The van der Waals surface area contributed by atoms with Crippen LogP contribution in [0, 0.1) is 5.92 Å².